The van der Waals surface area contributed by atoms with Gasteiger partial charge in [0.15, 0.2) is 0 Å². The Hall–Kier alpha value is -13.7. The Morgan fingerprint density at radius 1 is 0.404 bits per heavy atom. The van der Waals surface area contributed by atoms with Gasteiger partial charge in [-0.05, 0) is 182 Å². The van der Waals surface area contributed by atoms with Crippen molar-refractivity contribution in [1.29, 1.82) is 0 Å². The maximum atomic E-state index is 12.8. The van der Waals surface area contributed by atoms with Crippen LogP contribution >= 0.6 is 0 Å². The molecule has 104 heavy (non-hydrogen) atoms. The highest BCUT2D eigenvalue weighted by Gasteiger charge is 2.14. The number of pyridine rings is 3. The molecule has 22 heteroatoms. The quantitative estimate of drug-likeness (QED) is 0.0306. The number of hydrogen-bond acceptors (Lipinski definition) is 16. The lowest BCUT2D eigenvalue weighted by Crippen LogP contribution is -2.21. The van der Waals surface area contributed by atoms with Gasteiger partial charge in [-0.15, -0.1) is 0 Å². The first-order valence-corrected chi connectivity index (χ1v) is 33.2. The fraction of sp³-hybridized carbons (Fsp3) is 0.110. The summed E-state index contributed by atoms with van der Waals surface area (Å²) in [5.74, 6) is 0.780. The normalized spacial score (nSPS) is 10.6. The molecular formula is C82H74N16O6. The van der Waals surface area contributed by atoms with Crippen LogP contribution in [0.4, 0.5) is 28.4 Å². The van der Waals surface area contributed by atoms with Gasteiger partial charge in [-0.2, -0.15) is 0 Å². The number of carbonyl (C=O) groups excluding carboxylic acids is 6. The van der Waals surface area contributed by atoms with Crippen LogP contribution in [-0.4, -0.2) is 106 Å². The molecular weight excluding hydrogens is 1310 g/mol. The monoisotopic (exact) mass is 1380 g/mol. The van der Waals surface area contributed by atoms with E-state index in [-0.39, 0.29) is 35.4 Å². The number of rotatable bonds is 24. The summed E-state index contributed by atoms with van der Waals surface area (Å²) < 4.78 is 0. The van der Waals surface area contributed by atoms with Crippen LogP contribution in [-0.2, 0) is 40.2 Å². The molecule has 0 saturated carbocycles. The summed E-state index contributed by atoms with van der Waals surface area (Å²) in [6.45, 7) is 6.29. The van der Waals surface area contributed by atoms with Gasteiger partial charge in [-0.25, -0.2) is 29.9 Å². The number of nitrogens with zero attached hydrogens (tertiary/aromatic N) is 10. The highest BCUT2D eigenvalue weighted by molar-refractivity contribution is 6.07. The van der Waals surface area contributed by atoms with E-state index in [2.05, 4.69) is 83.3 Å². The maximum Gasteiger partial charge on any atom is 0.255 e. The van der Waals surface area contributed by atoms with Crippen molar-refractivity contribution in [3.05, 3.63) is 337 Å². The third-order valence-electron chi connectivity index (χ3n) is 15.4. The van der Waals surface area contributed by atoms with Gasteiger partial charge in [-0.1, -0.05) is 80.2 Å². The first-order chi connectivity index (χ1) is 50.7. The van der Waals surface area contributed by atoms with Gasteiger partial charge in [0.25, 0.3) is 17.7 Å². The van der Waals surface area contributed by atoms with Gasteiger partial charge >= 0.3 is 0 Å². The van der Waals surface area contributed by atoms with Crippen LogP contribution < -0.4 is 31.9 Å². The van der Waals surface area contributed by atoms with Crippen molar-refractivity contribution in [3.63, 3.8) is 0 Å². The highest BCUT2D eigenvalue weighted by Crippen LogP contribution is 2.23. The first kappa shape index (κ1) is 73.0. The second kappa shape index (κ2) is 37.5. The molecule has 0 spiro atoms. The van der Waals surface area contributed by atoms with Gasteiger partial charge in [0.05, 0.1) is 17.1 Å². The zero-order valence-corrected chi connectivity index (χ0v) is 57.4. The van der Waals surface area contributed by atoms with E-state index >= 15 is 0 Å². The number of nitrogens with one attached hydrogen (secondary N) is 6. The second-order valence-electron chi connectivity index (χ2n) is 23.6. The summed E-state index contributed by atoms with van der Waals surface area (Å²) in [5.41, 5.74) is 13.8. The van der Waals surface area contributed by atoms with Gasteiger partial charge in [-0.3, -0.25) is 43.7 Å². The summed E-state index contributed by atoms with van der Waals surface area (Å²) in [6, 6.07) is 60.6. The van der Waals surface area contributed by atoms with Crippen molar-refractivity contribution >= 4 is 63.9 Å². The molecule has 6 aromatic heterocycles. The third-order valence-corrected chi connectivity index (χ3v) is 15.4. The van der Waals surface area contributed by atoms with Crippen LogP contribution in [0.1, 0.15) is 84.1 Å². The molecule has 6 heterocycles. The number of amides is 6. The molecule has 0 fully saturated rings. The largest absolute Gasteiger partial charge is 0.348 e. The van der Waals surface area contributed by atoms with Crippen LogP contribution in [0.25, 0.3) is 33.8 Å². The Kier molecular flexibility index (Phi) is 26.3. The predicted molar refractivity (Wildman–Crippen MR) is 404 cm³/mol. The van der Waals surface area contributed by atoms with E-state index in [4.69, 9.17) is 0 Å². The molecule has 0 unspecified atom stereocenters. The number of carbonyl (C=O) groups is 6. The Morgan fingerprint density at radius 3 is 1.27 bits per heavy atom. The Labute approximate surface area is 602 Å². The smallest absolute Gasteiger partial charge is 0.255 e. The molecule has 0 atom stereocenters. The molecule has 0 radical (unpaired) electrons. The molecule has 0 aliphatic carbocycles. The van der Waals surface area contributed by atoms with E-state index in [0.717, 1.165) is 56.0 Å². The number of likely N-dealkylation sites (N-methyl/N-ethyl adjacent to an activating group) is 1. The van der Waals surface area contributed by atoms with Crippen molar-refractivity contribution < 1.29 is 28.8 Å². The van der Waals surface area contributed by atoms with Crippen LogP contribution in [0.3, 0.4) is 0 Å². The van der Waals surface area contributed by atoms with E-state index < -0.39 is 0 Å². The fourth-order valence-corrected chi connectivity index (χ4v) is 10.1. The predicted octanol–water partition coefficient (Wildman–Crippen LogP) is 13.4. The number of aromatic nitrogens is 9. The van der Waals surface area contributed by atoms with Crippen molar-refractivity contribution in [1.82, 2.24) is 55.1 Å². The topological polar surface area (TPSA) is 294 Å². The van der Waals surface area contributed by atoms with Crippen LogP contribution in [0.2, 0.25) is 0 Å². The minimum atomic E-state index is -0.335. The molecule has 6 amide bonds. The maximum absolute atomic E-state index is 12.8. The molecule has 12 rings (SSSR count). The van der Waals surface area contributed by atoms with Gasteiger partial charge in [0.2, 0.25) is 17.7 Å². The van der Waals surface area contributed by atoms with E-state index in [0.29, 0.717) is 101 Å². The number of hydrogen-bond donors (Lipinski definition) is 6. The van der Waals surface area contributed by atoms with E-state index in [1.54, 1.807) is 123 Å². The van der Waals surface area contributed by atoms with Crippen molar-refractivity contribution in [2.45, 2.75) is 39.2 Å². The van der Waals surface area contributed by atoms with Crippen LogP contribution in [0.15, 0.2) is 281 Å². The SMILES string of the molecule is C=CC(=O)Nc1cccc(C(=O)Nc2ccc(Cc3nccc(-c4cccnc4)n3)cc2)c1.CCC(=O)Nc1cccc(C(=O)Nc2ccc(Cc3nccc(-c4cccnc4)n3)cc2)c1.CN(C)C/C=C/C(=O)NCc1ccc(C(=O)Nc2cccc(Cc3nccc(-c4cccnc4)n3)c2)cc1. The molecule has 22 nitrogen and oxygen atoms in total. The molecule has 0 bridgehead atoms. The lowest BCUT2D eigenvalue weighted by molar-refractivity contribution is -0.117. The van der Waals surface area contributed by atoms with Crippen LogP contribution in [0, 0.1) is 0 Å². The summed E-state index contributed by atoms with van der Waals surface area (Å²) in [6.07, 6.45) is 22.3. The minimum absolute atomic E-state index is 0.0990. The number of anilines is 5. The average molecular weight is 1380 g/mol. The van der Waals surface area contributed by atoms with E-state index in [1.807, 2.05) is 165 Å². The average Bonchev–Trinajstić information content (AvgIpc) is 1.01. The number of benzene rings is 6. The summed E-state index contributed by atoms with van der Waals surface area (Å²) >= 11 is 0. The Bertz CT molecular complexity index is 4930. The molecule has 518 valence electrons. The molecule has 6 aromatic carbocycles. The van der Waals surface area contributed by atoms with E-state index in [1.165, 1.54) is 12.2 Å². The zero-order valence-electron chi connectivity index (χ0n) is 57.4. The molecule has 0 aliphatic rings. The van der Waals surface area contributed by atoms with Crippen molar-refractivity contribution in [2.75, 3.05) is 47.2 Å². The summed E-state index contributed by atoms with van der Waals surface area (Å²) in [7, 11) is 3.88. The fourth-order valence-electron chi connectivity index (χ4n) is 10.1. The van der Waals surface area contributed by atoms with Gasteiger partial charge < -0.3 is 36.8 Å². The van der Waals surface area contributed by atoms with Crippen molar-refractivity contribution in [2.24, 2.45) is 0 Å². The summed E-state index contributed by atoms with van der Waals surface area (Å²) in [4.78, 5) is 114. The van der Waals surface area contributed by atoms with E-state index in [9.17, 15) is 28.8 Å². The zero-order chi connectivity index (χ0) is 72.8. The Balaban J connectivity index is 0.000000168. The van der Waals surface area contributed by atoms with Crippen molar-refractivity contribution in [3.8, 4) is 33.8 Å². The Morgan fingerprint density at radius 2 is 0.827 bits per heavy atom. The van der Waals surface area contributed by atoms with Gasteiger partial charge in [0, 0.05) is 162 Å². The molecule has 6 N–H and O–H groups in total. The lowest BCUT2D eigenvalue weighted by atomic mass is 10.1. The second-order valence-corrected chi connectivity index (χ2v) is 23.6. The minimum Gasteiger partial charge on any atom is -0.348 e. The first-order valence-electron chi connectivity index (χ1n) is 33.2. The summed E-state index contributed by atoms with van der Waals surface area (Å²) in [5, 5.41) is 16.9. The highest BCUT2D eigenvalue weighted by atomic mass is 16.2. The molecule has 0 aliphatic heterocycles. The molecule has 12 aromatic rings. The third kappa shape index (κ3) is 22.9. The lowest BCUT2D eigenvalue weighted by Gasteiger charge is -2.09. The standard InChI is InChI=1S/C30H30N6O2.C26H23N5O2.C26H21N5O2/c1-36(2)17-5-9-29(37)33-20-22-10-12-24(13-11-22)30(38)34-26-8-3-6-23(18-26)19-28-32-16-14-27(35-28)25-7-4-15-31-21-25;2*1-2-25(32)29-22-7-3-5-19(16-22)26(33)30-21-10-8-18(9-11-21)15-24-28-14-12-23(31-24)20-6-4-13-27-17-20/h3-16,18,21H,17,19-20H2,1-2H3,(H,33,37)(H,34,38);3-14,16-17H,2,15H2,1H3,(H,29,32)(H,30,33);2-14,16-17H,1,15H2,(H,29,32)(H,30,33)/b9-5+;;. The van der Waals surface area contributed by atoms with Gasteiger partial charge in [0.1, 0.15) is 17.5 Å². The molecule has 0 saturated heterocycles. The van der Waals surface area contributed by atoms with Crippen LogP contribution in [0.5, 0.6) is 0 Å².